The van der Waals surface area contributed by atoms with E-state index >= 15 is 0 Å². The molecule has 10 nitrogen and oxygen atoms in total. The zero-order valence-corrected chi connectivity index (χ0v) is 20.5. The number of allylic oxidation sites excluding steroid dienone is 1. The molecule has 2 aliphatic carbocycles. The number of hydrazone groups is 1. The van der Waals surface area contributed by atoms with E-state index in [1.54, 1.807) is 6.07 Å². The van der Waals surface area contributed by atoms with E-state index in [1.807, 2.05) is 6.92 Å². The van der Waals surface area contributed by atoms with Crippen molar-refractivity contribution in [1.82, 2.24) is 14.9 Å². The molecule has 0 radical (unpaired) electrons. The molecule has 0 aromatic carbocycles. The van der Waals surface area contributed by atoms with E-state index < -0.39 is 5.41 Å². The SMILES string of the molecule is C[C@H](Oc1cc(N/N=C\C=N)nc(/C(O)=C2\CCC[C@@]3(CCCCC3=O)C2=N)n1)[C@@H]1CCCN1C. The molecule has 1 aromatic rings. The number of aliphatic hydroxyl groups excluding tert-OH is 1. The van der Waals surface area contributed by atoms with Crippen molar-refractivity contribution < 1.29 is 14.6 Å². The van der Waals surface area contributed by atoms with Crippen molar-refractivity contribution in [2.75, 3.05) is 19.0 Å². The van der Waals surface area contributed by atoms with Gasteiger partial charge < -0.3 is 20.7 Å². The zero-order chi connectivity index (χ0) is 25.0. The van der Waals surface area contributed by atoms with E-state index in [-0.39, 0.29) is 41.1 Å². The number of ether oxygens (including phenoxy) is 1. The maximum atomic E-state index is 12.9. The molecule has 0 unspecified atom stereocenters. The number of nitrogens with zero attached hydrogens (tertiary/aromatic N) is 4. The number of rotatable bonds is 7. The summed E-state index contributed by atoms with van der Waals surface area (Å²) in [6, 6.07) is 1.86. The summed E-state index contributed by atoms with van der Waals surface area (Å²) in [6.45, 7) is 3.02. The van der Waals surface area contributed by atoms with E-state index in [4.69, 9.17) is 15.6 Å². The fraction of sp³-hybridized carbons (Fsp3) is 0.600. The molecule has 0 amide bonds. The second-order valence-corrected chi connectivity index (χ2v) is 9.75. The number of anilines is 1. The van der Waals surface area contributed by atoms with Crippen LogP contribution in [0.5, 0.6) is 5.88 Å². The lowest BCUT2D eigenvalue weighted by atomic mass is 9.62. The summed E-state index contributed by atoms with van der Waals surface area (Å²) < 4.78 is 6.18. The van der Waals surface area contributed by atoms with Crippen molar-refractivity contribution in [2.45, 2.75) is 76.9 Å². The second-order valence-electron chi connectivity index (χ2n) is 9.75. The van der Waals surface area contributed by atoms with Gasteiger partial charge in [-0.05, 0) is 65.5 Å². The number of Topliss-reactive ketones (excluding diaryl/α,β-unsaturated/α-hetero) is 1. The number of carbonyl (C=O) groups is 1. The molecular formula is C25H35N7O3. The van der Waals surface area contributed by atoms with Crippen molar-refractivity contribution in [1.29, 1.82) is 10.8 Å². The lowest BCUT2D eigenvalue weighted by Gasteiger charge is -2.40. The zero-order valence-electron chi connectivity index (χ0n) is 20.5. The second kappa shape index (κ2) is 10.6. The summed E-state index contributed by atoms with van der Waals surface area (Å²) in [5.74, 6) is 0.528. The van der Waals surface area contributed by atoms with Gasteiger partial charge in [-0.1, -0.05) is 6.42 Å². The summed E-state index contributed by atoms with van der Waals surface area (Å²) in [7, 11) is 2.08. The highest BCUT2D eigenvalue weighted by Gasteiger charge is 2.47. The number of hydrogen-bond acceptors (Lipinski definition) is 10. The Morgan fingerprint density at radius 2 is 2.11 bits per heavy atom. The Bertz CT molecular complexity index is 1050. The Morgan fingerprint density at radius 3 is 2.83 bits per heavy atom. The van der Waals surface area contributed by atoms with Gasteiger partial charge in [-0.15, -0.1) is 0 Å². The largest absolute Gasteiger partial charge is 0.504 e. The third-order valence-corrected chi connectivity index (χ3v) is 7.56. The molecule has 3 fully saturated rings. The van der Waals surface area contributed by atoms with E-state index in [1.165, 1.54) is 6.21 Å². The summed E-state index contributed by atoms with van der Waals surface area (Å²) in [5, 5.41) is 31.2. The summed E-state index contributed by atoms with van der Waals surface area (Å²) in [6.07, 6.45) is 9.12. The minimum atomic E-state index is -0.801. The van der Waals surface area contributed by atoms with Crippen LogP contribution in [0, 0.1) is 16.2 Å². The van der Waals surface area contributed by atoms with Gasteiger partial charge in [0.05, 0.1) is 17.3 Å². The number of nitrogens with one attached hydrogen (secondary N) is 3. The lowest BCUT2D eigenvalue weighted by molar-refractivity contribution is -0.128. The van der Waals surface area contributed by atoms with Gasteiger partial charge in [-0.25, -0.2) is 4.98 Å². The normalized spacial score (nSPS) is 27.9. The molecule has 4 rings (SSSR count). The standard InChI is InChI=1S/C25H35N7O3/c1-16(18-8-6-14-32(18)2)35-21-15-20(31-28-13-12-26)29-24(30-21)22(34)17-7-5-11-25(23(17)27)10-4-3-9-19(25)33/h12-13,15-16,18,26-27,34H,3-11,14H2,1-2H3,(H,29,30,31)/b22-17-,26-12?,27-23?,28-13-/t16-,18-,25+/m0/s1. The first-order chi connectivity index (χ1) is 16.9. The van der Waals surface area contributed by atoms with Crippen LogP contribution in [0.25, 0.3) is 5.76 Å². The van der Waals surface area contributed by atoms with E-state index in [9.17, 15) is 9.90 Å². The summed E-state index contributed by atoms with van der Waals surface area (Å²) >= 11 is 0. The maximum absolute atomic E-state index is 12.9. The van der Waals surface area contributed by atoms with Crippen molar-refractivity contribution in [2.24, 2.45) is 10.5 Å². The van der Waals surface area contributed by atoms with Crippen LogP contribution >= 0.6 is 0 Å². The van der Waals surface area contributed by atoms with Crippen LogP contribution in [0.4, 0.5) is 5.82 Å². The molecule has 1 aromatic heterocycles. The van der Waals surface area contributed by atoms with E-state index in [0.29, 0.717) is 37.1 Å². The number of ketones is 1. The van der Waals surface area contributed by atoms with Crippen molar-refractivity contribution in [3.05, 3.63) is 17.5 Å². The van der Waals surface area contributed by atoms with Crippen LogP contribution < -0.4 is 10.2 Å². The third-order valence-electron chi connectivity index (χ3n) is 7.56. The first-order valence-electron chi connectivity index (χ1n) is 12.4. The highest BCUT2D eigenvalue weighted by Crippen LogP contribution is 2.46. The molecule has 35 heavy (non-hydrogen) atoms. The van der Waals surface area contributed by atoms with Crippen molar-refractivity contribution in [3.8, 4) is 5.88 Å². The van der Waals surface area contributed by atoms with E-state index in [0.717, 1.165) is 44.9 Å². The highest BCUT2D eigenvalue weighted by molar-refractivity contribution is 6.18. The number of likely N-dealkylation sites (N-methyl/N-ethyl adjacent to an activating group) is 1. The van der Waals surface area contributed by atoms with Crippen LogP contribution in [-0.4, -0.2) is 69.6 Å². The number of aromatic nitrogens is 2. The summed E-state index contributed by atoms with van der Waals surface area (Å²) in [4.78, 5) is 24.0. The predicted molar refractivity (Wildman–Crippen MR) is 136 cm³/mol. The monoisotopic (exact) mass is 481 g/mol. The van der Waals surface area contributed by atoms with Crippen molar-refractivity contribution >= 4 is 35.5 Å². The predicted octanol–water partition coefficient (Wildman–Crippen LogP) is 3.99. The molecule has 3 aliphatic rings. The number of carbonyl (C=O) groups excluding carboxylic acids is 1. The Labute approximate surface area is 205 Å². The molecule has 0 bridgehead atoms. The Hall–Kier alpha value is -3.14. The van der Waals surface area contributed by atoms with Gasteiger partial charge >= 0.3 is 0 Å². The molecule has 188 valence electrons. The fourth-order valence-electron chi connectivity index (χ4n) is 5.68. The smallest absolute Gasteiger partial charge is 0.219 e. The molecular weight excluding hydrogens is 446 g/mol. The molecule has 1 aliphatic heterocycles. The topological polar surface area (TPSA) is 148 Å². The van der Waals surface area contributed by atoms with Gasteiger partial charge in [-0.2, -0.15) is 10.1 Å². The quantitative estimate of drug-likeness (QED) is 0.261. The number of aliphatic hydroxyl groups is 1. The average molecular weight is 482 g/mol. The Kier molecular flexibility index (Phi) is 7.59. The molecule has 3 atom stereocenters. The molecule has 1 spiro atoms. The van der Waals surface area contributed by atoms with Crippen LogP contribution in [0.3, 0.4) is 0 Å². The molecule has 2 saturated carbocycles. The number of hydrogen-bond donors (Lipinski definition) is 4. The summed E-state index contributed by atoms with van der Waals surface area (Å²) in [5.41, 5.74) is 2.58. The highest BCUT2D eigenvalue weighted by atomic mass is 16.5. The van der Waals surface area contributed by atoms with Gasteiger partial charge in [0, 0.05) is 30.3 Å². The van der Waals surface area contributed by atoms with Gasteiger partial charge in [-0.3, -0.25) is 15.1 Å². The Balaban J connectivity index is 1.68. The van der Waals surface area contributed by atoms with Crippen LogP contribution in [0.1, 0.15) is 70.5 Å². The lowest BCUT2D eigenvalue weighted by Crippen LogP contribution is -2.44. The molecule has 1 saturated heterocycles. The molecule has 10 heteroatoms. The first kappa shape index (κ1) is 25.0. The first-order valence-corrected chi connectivity index (χ1v) is 12.4. The average Bonchev–Trinajstić information content (AvgIpc) is 3.28. The van der Waals surface area contributed by atoms with Gasteiger partial charge in [0.1, 0.15) is 11.9 Å². The molecule has 2 heterocycles. The van der Waals surface area contributed by atoms with Crippen LogP contribution in [0.2, 0.25) is 0 Å². The van der Waals surface area contributed by atoms with Crippen LogP contribution in [0.15, 0.2) is 16.7 Å². The number of likely N-dealkylation sites (tertiary alicyclic amines) is 1. The van der Waals surface area contributed by atoms with Crippen LogP contribution in [-0.2, 0) is 4.79 Å². The minimum Gasteiger partial charge on any atom is -0.504 e. The Morgan fingerprint density at radius 1 is 1.31 bits per heavy atom. The third kappa shape index (κ3) is 5.12. The maximum Gasteiger partial charge on any atom is 0.219 e. The van der Waals surface area contributed by atoms with Crippen molar-refractivity contribution in [3.63, 3.8) is 0 Å². The van der Waals surface area contributed by atoms with E-state index in [2.05, 4.69) is 32.4 Å². The molecule has 4 N–H and O–H groups in total. The van der Waals surface area contributed by atoms with Gasteiger partial charge in [0.25, 0.3) is 0 Å². The van der Waals surface area contributed by atoms with Gasteiger partial charge in [0.15, 0.2) is 11.6 Å². The minimum absolute atomic E-state index is 0.0297. The van der Waals surface area contributed by atoms with Gasteiger partial charge in [0.2, 0.25) is 11.7 Å². The fourth-order valence-corrected chi connectivity index (χ4v) is 5.68.